The van der Waals surface area contributed by atoms with Crippen LogP contribution in [0.5, 0.6) is 0 Å². The second-order valence-corrected chi connectivity index (χ2v) is 5.54. The maximum atomic E-state index is 13.9. The number of fused-ring (bicyclic) bond motifs is 1. The van der Waals surface area contributed by atoms with E-state index in [-0.39, 0.29) is 5.56 Å². The van der Waals surface area contributed by atoms with E-state index in [1.165, 1.54) is 18.3 Å². The lowest BCUT2D eigenvalue weighted by Crippen LogP contribution is -1.96. The van der Waals surface area contributed by atoms with Crippen molar-refractivity contribution < 1.29 is 8.78 Å². The smallest absolute Gasteiger partial charge is 0.166 e. The first-order valence-corrected chi connectivity index (χ1v) is 7.73. The zero-order valence-corrected chi connectivity index (χ0v) is 13.1. The van der Waals surface area contributed by atoms with Gasteiger partial charge in [-0.1, -0.05) is 30.3 Å². The molecule has 0 spiro atoms. The Hall–Kier alpha value is -3.34. The summed E-state index contributed by atoms with van der Waals surface area (Å²) in [7, 11) is 0. The van der Waals surface area contributed by atoms with Gasteiger partial charge in [0, 0.05) is 28.9 Å². The number of benzene rings is 2. The molecule has 5 heteroatoms. The number of hydrogen-bond donors (Lipinski definition) is 1. The lowest BCUT2D eigenvalue weighted by molar-refractivity contribution is 0.511. The van der Waals surface area contributed by atoms with Crippen LogP contribution in [0, 0.1) is 11.6 Å². The fourth-order valence-electron chi connectivity index (χ4n) is 2.70. The van der Waals surface area contributed by atoms with Crippen molar-refractivity contribution in [2.75, 3.05) is 5.32 Å². The molecule has 2 aromatic heterocycles. The van der Waals surface area contributed by atoms with E-state index >= 15 is 0 Å². The average molecular weight is 333 g/mol. The van der Waals surface area contributed by atoms with E-state index in [1.54, 1.807) is 18.3 Å². The molecule has 0 saturated heterocycles. The Kier molecular flexibility index (Phi) is 3.82. The summed E-state index contributed by atoms with van der Waals surface area (Å²) in [5.74, 6) is -1.15. The Morgan fingerprint density at radius 2 is 1.64 bits per heavy atom. The van der Waals surface area contributed by atoms with E-state index in [9.17, 15) is 8.78 Å². The summed E-state index contributed by atoms with van der Waals surface area (Å²) in [4.78, 5) is 8.68. The van der Waals surface area contributed by atoms with Crippen molar-refractivity contribution in [3.05, 3.63) is 84.7 Å². The minimum Gasteiger partial charge on any atom is -0.338 e. The molecule has 4 aromatic rings. The van der Waals surface area contributed by atoms with E-state index < -0.39 is 11.6 Å². The molecule has 0 aliphatic carbocycles. The molecule has 2 heterocycles. The summed E-state index contributed by atoms with van der Waals surface area (Å²) >= 11 is 0. The third-order valence-electron chi connectivity index (χ3n) is 3.92. The summed E-state index contributed by atoms with van der Waals surface area (Å²) in [5, 5.41) is 4.23. The molecule has 3 nitrogen and oxygen atoms in total. The topological polar surface area (TPSA) is 37.8 Å². The van der Waals surface area contributed by atoms with E-state index in [1.807, 2.05) is 30.3 Å². The van der Waals surface area contributed by atoms with Crippen molar-refractivity contribution in [1.82, 2.24) is 9.97 Å². The molecule has 1 N–H and O–H groups in total. The molecule has 0 amide bonds. The van der Waals surface area contributed by atoms with Crippen LogP contribution in [0.3, 0.4) is 0 Å². The van der Waals surface area contributed by atoms with Crippen LogP contribution < -0.4 is 5.32 Å². The highest BCUT2D eigenvalue weighted by Gasteiger charge is 2.10. The first-order valence-electron chi connectivity index (χ1n) is 7.73. The van der Waals surface area contributed by atoms with Gasteiger partial charge in [0.2, 0.25) is 0 Å². The third-order valence-corrected chi connectivity index (χ3v) is 3.92. The number of nitrogens with zero attached hydrogens (tertiary/aromatic N) is 2. The van der Waals surface area contributed by atoms with Crippen LogP contribution in [0.25, 0.3) is 22.0 Å². The fraction of sp³-hybridized carbons (Fsp3) is 0. The van der Waals surface area contributed by atoms with Crippen LogP contribution in [0.1, 0.15) is 0 Å². The van der Waals surface area contributed by atoms with Crippen molar-refractivity contribution in [2.24, 2.45) is 0 Å². The van der Waals surface area contributed by atoms with Gasteiger partial charge in [0.15, 0.2) is 11.6 Å². The maximum Gasteiger partial charge on any atom is 0.166 e. The van der Waals surface area contributed by atoms with Crippen LogP contribution in [-0.4, -0.2) is 9.97 Å². The van der Waals surface area contributed by atoms with Gasteiger partial charge in [-0.05, 0) is 30.3 Å². The molecule has 0 aliphatic rings. The van der Waals surface area contributed by atoms with Crippen molar-refractivity contribution in [2.45, 2.75) is 0 Å². The minimum absolute atomic E-state index is 0.186. The zero-order valence-electron chi connectivity index (χ0n) is 13.1. The van der Waals surface area contributed by atoms with Gasteiger partial charge in [-0.15, -0.1) is 0 Å². The van der Waals surface area contributed by atoms with Crippen molar-refractivity contribution in [3.63, 3.8) is 0 Å². The Balaban J connectivity index is 1.65. The monoisotopic (exact) mass is 333 g/mol. The highest BCUT2D eigenvalue weighted by Crippen LogP contribution is 2.27. The molecule has 0 saturated carbocycles. The number of aromatic nitrogens is 2. The zero-order chi connectivity index (χ0) is 17.2. The molecular weight excluding hydrogens is 320 g/mol. The first-order chi connectivity index (χ1) is 12.2. The van der Waals surface area contributed by atoms with Gasteiger partial charge in [-0.2, -0.15) is 0 Å². The van der Waals surface area contributed by atoms with Crippen molar-refractivity contribution in [3.8, 4) is 11.1 Å². The normalized spacial score (nSPS) is 10.8. The van der Waals surface area contributed by atoms with E-state index in [0.717, 1.165) is 22.7 Å². The van der Waals surface area contributed by atoms with Crippen LogP contribution >= 0.6 is 0 Å². The molecule has 0 aliphatic heterocycles. The maximum absolute atomic E-state index is 13.9. The second-order valence-electron chi connectivity index (χ2n) is 5.54. The Morgan fingerprint density at radius 1 is 0.800 bits per heavy atom. The van der Waals surface area contributed by atoms with Gasteiger partial charge in [0.05, 0.1) is 11.2 Å². The SMILES string of the molecule is Fc1cccc(-c2ccc(Nc3cccc4cccnc34)nc2)c1F. The summed E-state index contributed by atoms with van der Waals surface area (Å²) in [6.45, 7) is 0. The fourth-order valence-corrected chi connectivity index (χ4v) is 2.70. The highest BCUT2D eigenvalue weighted by atomic mass is 19.2. The molecule has 0 radical (unpaired) electrons. The molecule has 122 valence electrons. The largest absolute Gasteiger partial charge is 0.338 e. The van der Waals surface area contributed by atoms with Gasteiger partial charge in [0.1, 0.15) is 5.82 Å². The molecular formula is C20H13F2N3. The summed E-state index contributed by atoms with van der Waals surface area (Å²) < 4.78 is 27.2. The van der Waals surface area contributed by atoms with E-state index in [4.69, 9.17) is 0 Å². The lowest BCUT2D eigenvalue weighted by atomic mass is 10.1. The van der Waals surface area contributed by atoms with Crippen LogP contribution in [0.2, 0.25) is 0 Å². The van der Waals surface area contributed by atoms with Crippen LogP contribution in [0.15, 0.2) is 73.1 Å². The molecule has 0 unspecified atom stereocenters. The lowest BCUT2D eigenvalue weighted by Gasteiger charge is -2.09. The molecule has 2 aromatic carbocycles. The third kappa shape index (κ3) is 2.92. The average Bonchev–Trinajstić information content (AvgIpc) is 2.65. The molecule has 0 atom stereocenters. The molecule has 0 bridgehead atoms. The van der Waals surface area contributed by atoms with Gasteiger partial charge in [-0.3, -0.25) is 4.98 Å². The predicted octanol–water partition coefficient (Wildman–Crippen LogP) is 5.32. The molecule has 25 heavy (non-hydrogen) atoms. The van der Waals surface area contributed by atoms with E-state index in [2.05, 4.69) is 15.3 Å². The number of hydrogen-bond acceptors (Lipinski definition) is 3. The minimum atomic E-state index is -0.874. The van der Waals surface area contributed by atoms with Gasteiger partial charge < -0.3 is 5.32 Å². The van der Waals surface area contributed by atoms with Gasteiger partial charge >= 0.3 is 0 Å². The number of nitrogens with one attached hydrogen (secondary N) is 1. The number of pyridine rings is 2. The number of anilines is 2. The Morgan fingerprint density at radius 3 is 2.48 bits per heavy atom. The number of para-hydroxylation sites is 1. The quantitative estimate of drug-likeness (QED) is 0.551. The molecule has 0 fully saturated rings. The van der Waals surface area contributed by atoms with Crippen LogP contribution in [-0.2, 0) is 0 Å². The highest BCUT2D eigenvalue weighted by molar-refractivity contribution is 5.91. The van der Waals surface area contributed by atoms with Gasteiger partial charge in [-0.25, -0.2) is 13.8 Å². The predicted molar refractivity (Wildman–Crippen MR) is 94.6 cm³/mol. The standard InChI is InChI=1S/C20H13F2N3/c21-16-7-2-6-15(19(16)22)14-9-10-18(24-12-14)25-17-8-1-4-13-5-3-11-23-20(13)17/h1-12H,(H,24,25). The number of halogens is 2. The summed E-state index contributed by atoms with van der Waals surface area (Å²) in [6, 6.07) is 17.2. The van der Waals surface area contributed by atoms with E-state index in [0.29, 0.717) is 11.4 Å². The van der Waals surface area contributed by atoms with Crippen molar-refractivity contribution in [1.29, 1.82) is 0 Å². The number of rotatable bonds is 3. The summed E-state index contributed by atoms with van der Waals surface area (Å²) in [6.07, 6.45) is 3.25. The Labute approximate surface area is 143 Å². The van der Waals surface area contributed by atoms with Gasteiger partial charge in [0.25, 0.3) is 0 Å². The molecule has 4 rings (SSSR count). The second kappa shape index (κ2) is 6.28. The van der Waals surface area contributed by atoms with Crippen molar-refractivity contribution >= 4 is 22.4 Å². The van der Waals surface area contributed by atoms with Crippen LogP contribution in [0.4, 0.5) is 20.3 Å². The first kappa shape index (κ1) is 15.2. The summed E-state index contributed by atoms with van der Waals surface area (Å²) in [5.41, 5.74) is 2.37. The Bertz CT molecular complexity index is 1040.